The van der Waals surface area contributed by atoms with Gasteiger partial charge in [0.15, 0.2) is 0 Å². The fraction of sp³-hybridized carbons (Fsp3) is 0.417. The van der Waals surface area contributed by atoms with Crippen LogP contribution in [0.2, 0.25) is 0 Å². The summed E-state index contributed by atoms with van der Waals surface area (Å²) in [5.74, 6) is -5.95. The Balaban J connectivity index is 2.85. The van der Waals surface area contributed by atoms with Gasteiger partial charge in [-0.25, -0.2) is 0 Å². The average Bonchev–Trinajstić information content (AvgIpc) is 2.27. The molecular weight excluding hydrogens is 271 g/mol. The summed E-state index contributed by atoms with van der Waals surface area (Å²) in [4.78, 5) is 10.3. The van der Waals surface area contributed by atoms with E-state index in [-0.39, 0.29) is 24.8 Å². The molecule has 0 atom stereocenters. The molecule has 106 valence electrons. The molecule has 0 bridgehead atoms. The molecule has 0 aliphatic carbocycles. The minimum absolute atomic E-state index is 0.133. The first-order valence-electron chi connectivity index (χ1n) is 5.40. The smallest absolute Gasteiger partial charge is 0.458 e. The predicted octanol–water partition coefficient (Wildman–Crippen LogP) is 3.75. The molecule has 0 radical (unpaired) electrons. The molecule has 1 rings (SSSR count). The number of carboxylic acids is 1. The van der Waals surface area contributed by atoms with Crippen LogP contribution in [0.4, 0.5) is 22.0 Å². The van der Waals surface area contributed by atoms with Gasteiger partial charge in [0.25, 0.3) is 0 Å². The molecule has 0 saturated carbocycles. The Morgan fingerprint density at radius 2 is 1.79 bits per heavy atom. The van der Waals surface area contributed by atoms with Crippen LogP contribution < -0.4 is 0 Å². The number of hydrogen-bond donors (Lipinski definition) is 1. The quantitative estimate of drug-likeness (QED) is 0.835. The van der Waals surface area contributed by atoms with Crippen LogP contribution in [-0.4, -0.2) is 17.3 Å². The van der Waals surface area contributed by atoms with Crippen LogP contribution >= 0.6 is 0 Å². The van der Waals surface area contributed by atoms with Gasteiger partial charge in [0, 0.05) is 12.0 Å². The maximum Gasteiger partial charge on any atom is 0.458 e. The van der Waals surface area contributed by atoms with E-state index in [0.717, 1.165) is 12.1 Å². The third kappa shape index (κ3) is 3.90. The zero-order chi connectivity index (χ0) is 14.7. The molecule has 0 amide bonds. The number of halogens is 5. The summed E-state index contributed by atoms with van der Waals surface area (Å²) in [5, 5.41) is 8.41. The minimum atomic E-state index is -5.65. The summed E-state index contributed by atoms with van der Waals surface area (Å²) >= 11 is 0. The van der Waals surface area contributed by atoms with Crippen molar-refractivity contribution >= 4 is 5.97 Å². The second kappa shape index (κ2) is 5.54. The highest BCUT2D eigenvalue weighted by Crippen LogP contribution is 2.43. The first-order chi connectivity index (χ1) is 8.64. The number of rotatable bonds is 5. The van der Waals surface area contributed by atoms with Crippen LogP contribution in [0, 0.1) is 0 Å². The fourth-order valence-corrected chi connectivity index (χ4v) is 1.53. The van der Waals surface area contributed by atoms with Crippen molar-refractivity contribution in [1.29, 1.82) is 0 Å². The Morgan fingerprint density at radius 3 is 2.32 bits per heavy atom. The molecule has 0 heterocycles. The Hall–Kier alpha value is -1.66. The Kier molecular flexibility index (Phi) is 4.49. The molecule has 0 unspecified atom stereocenters. The largest absolute Gasteiger partial charge is 0.481 e. The lowest BCUT2D eigenvalue weighted by atomic mass is 10.0. The topological polar surface area (TPSA) is 37.3 Å². The van der Waals surface area contributed by atoms with Gasteiger partial charge in [-0.3, -0.25) is 4.79 Å². The van der Waals surface area contributed by atoms with Crippen molar-refractivity contribution < 1.29 is 31.9 Å². The van der Waals surface area contributed by atoms with E-state index < -0.39 is 23.6 Å². The van der Waals surface area contributed by atoms with Gasteiger partial charge in [0.05, 0.1) is 0 Å². The molecule has 2 nitrogen and oxygen atoms in total. The molecule has 0 aromatic heterocycles. The first-order valence-corrected chi connectivity index (χ1v) is 5.40. The van der Waals surface area contributed by atoms with E-state index in [4.69, 9.17) is 5.11 Å². The second-order valence-electron chi connectivity index (χ2n) is 4.02. The summed E-state index contributed by atoms with van der Waals surface area (Å²) in [6.07, 6.45) is -5.50. The Morgan fingerprint density at radius 1 is 1.16 bits per heavy atom. The number of hydrogen-bond acceptors (Lipinski definition) is 1. The SMILES string of the molecule is O=C(O)CCCc1cccc(C(F)(F)C(F)(F)F)c1. The third-order valence-electron chi connectivity index (χ3n) is 2.50. The summed E-state index contributed by atoms with van der Waals surface area (Å²) in [5.41, 5.74) is -0.879. The minimum Gasteiger partial charge on any atom is -0.481 e. The molecular formula is C12H11F5O2. The van der Waals surface area contributed by atoms with Crippen LogP contribution in [-0.2, 0) is 17.1 Å². The van der Waals surface area contributed by atoms with Crippen LogP contribution in [0.1, 0.15) is 24.0 Å². The van der Waals surface area contributed by atoms with Crippen molar-refractivity contribution in [1.82, 2.24) is 0 Å². The van der Waals surface area contributed by atoms with E-state index >= 15 is 0 Å². The van der Waals surface area contributed by atoms with Gasteiger partial charge in [0.2, 0.25) is 0 Å². The number of alkyl halides is 5. The van der Waals surface area contributed by atoms with Crippen molar-refractivity contribution in [3.05, 3.63) is 35.4 Å². The van der Waals surface area contributed by atoms with E-state index in [0.29, 0.717) is 6.07 Å². The van der Waals surface area contributed by atoms with Crippen molar-refractivity contribution in [2.24, 2.45) is 0 Å². The lowest BCUT2D eigenvalue weighted by Gasteiger charge is -2.20. The molecule has 0 aliphatic rings. The monoisotopic (exact) mass is 282 g/mol. The van der Waals surface area contributed by atoms with Crippen molar-refractivity contribution in [2.75, 3.05) is 0 Å². The number of carbonyl (C=O) groups is 1. The van der Waals surface area contributed by atoms with E-state index in [1.807, 2.05) is 0 Å². The number of aryl methyl sites for hydroxylation is 1. The van der Waals surface area contributed by atoms with E-state index in [1.165, 1.54) is 6.07 Å². The van der Waals surface area contributed by atoms with Gasteiger partial charge in [-0.15, -0.1) is 0 Å². The second-order valence-corrected chi connectivity index (χ2v) is 4.02. The molecule has 1 aromatic rings. The lowest BCUT2D eigenvalue weighted by Crippen LogP contribution is -2.33. The molecule has 0 aliphatic heterocycles. The van der Waals surface area contributed by atoms with Crippen LogP contribution in [0.25, 0.3) is 0 Å². The average molecular weight is 282 g/mol. The van der Waals surface area contributed by atoms with Gasteiger partial charge in [0.1, 0.15) is 0 Å². The van der Waals surface area contributed by atoms with Crippen molar-refractivity contribution in [3.63, 3.8) is 0 Å². The number of carboxylic acid groups (broad SMARTS) is 1. The normalized spacial score (nSPS) is 12.5. The summed E-state index contributed by atoms with van der Waals surface area (Å²) in [7, 11) is 0. The first kappa shape index (κ1) is 15.4. The van der Waals surface area contributed by atoms with Crippen LogP contribution in [0.15, 0.2) is 24.3 Å². The van der Waals surface area contributed by atoms with E-state index in [1.54, 1.807) is 0 Å². The summed E-state index contributed by atoms with van der Waals surface area (Å²) in [6, 6.07) is 3.95. The van der Waals surface area contributed by atoms with Crippen LogP contribution in [0.5, 0.6) is 0 Å². The fourth-order valence-electron chi connectivity index (χ4n) is 1.53. The molecule has 1 aromatic carbocycles. The summed E-state index contributed by atoms with van der Waals surface area (Å²) < 4.78 is 62.7. The predicted molar refractivity (Wildman–Crippen MR) is 57.0 cm³/mol. The lowest BCUT2D eigenvalue weighted by molar-refractivity contribution is -0.289. The third-order valence-corrected chi connectivity index (χ3v) is 2.50. The van der Waals surface area contributed by atoms with Gasteiger partial charge >= 0.3 is 18.1 Å². The molecule has 0 fully saturated rings. The number of benzene rings is 1. The number of aliphatic carboxylic acids is 1. The molecule has 19 heavy (non-hydrogen) atoms. The standard InChI is InChI=1S/C12H11F5O2/c13-11(14,12(15,16)17)9-5-1-3-8(7-9)4-2-6-10(18)19/h1,3,5,7H,2,4,6H2,(H,18,19). The highest BCUT2D eigenvalue weighted by Gasteiger charge is 2.58. The molecule has 1 N–H and O–H groups in total. The Bertz CT molecular complexity index is 454. The zero-order valence-electron chi connectivity index (χ0n) is 9.68. The van der Waals surface area contributed by atoms with E-state index in [9.17, 15) is 26.7 Å². The maximum atomic E-state index is 13.1. The van der Waals surface area contributed by atoms with E-state index in [2.05, 4.69) is 0 Å². The summed E-state index contributed by atoms with van der Waals surface area (Å²) in [6.45, 7) is 0. The molecule has 7 heteroatoms. The maximum absolute atomic E-state index is 13.1. The van der Waals surface area contributed by atoms with Crippen LogP contribution in [0.3, 0.4) is 0 Å². The zero-order valence-corrected chi connectivity index (χ0v) is 9.68. The van der Waals surface area contributed by atoms with Crippen molar-refractivity contribution in [3.8, 4) is 0 Å². The van der Waals surface area contributed by atoms with Gasteiger partial charge < -0.3 is 5.11 Å². The van der Waals surface area contributed by atoms with Crippen molar-refractivity contribution in [2.45, 2.75) is 31.4 Å². The highest BCUT2D eigenvalue weighted by molar-refractivity contribution is 5.66. The van der Waals surface area contributed by atoms with Gasteiger partial charge in [-0.05, 0) is 24.5 Å². The Labute approximate surface area is 105 Å². The van der Waals surface area contributed by atoms with Gasteiger partial charge in [-0.2, -0.15) is 22.0 Å². The van der Waals surface area contributed by atoms with Gasteiger partial charge in [-0.1, -0.05) is 18.2 Å². The highest BCUT2D eigenvalue weighted by atomic mass is 19.4. The molecule has 0 spiro atoms. The molecule has 0 saturated heterocycles.